The van der Waals surface area contributed by atoms with E-state index < -0.39 is 4.92 Å². The monoisotopic (exact) mass is 318 g/mol. The molecule has 7 heteroatoms. The first kappa shape index (κ1) is 14.9. The molecule has 0 saturated carbocycles. The lowest BCUT2D eigenvalue weighted by Gasteiger charge is -2.09. The number of ether oxygens (including phenoxy) is 2. The van der Waals surface area contributed by atoms with E-state index in [2.05, 4.69) is 15.9 Å². The quantitative estimate of drug-likeness (QED) is 0.642. The van der Waals surface area contributed by atoms with Gasteiger partial charge in [-0.05, 0) is 34.5 Å². The lowest BCUT2D eigenvalue weighted by atomic mass is 10.2. The van der Waals surface area contributed by atoms with Crippen molar-refractivity contribution in [2.75, 3.05) is 13.7 Å². The molecule has 0 unspecified atom stereocenters. The number of rotatable bonds is 6. The van der Waals surface area contributed by atoms with Crippen LogP contribution < -0.4 is 10.5 Å². The number of hydrogen-bond acceptors (Lipinski definition) is 5. The van der Waals surface area contributed by atoms with Crippen molar-refractivity contribution in [1.29, 1.82) is 0 Å². The largest absolute Gasteiger partial charge is 0.489 e. The summed E-state index contributed by atoms with van der Waals surface area (Å²) in [6.45, 7) is 2.49. The zero-order valence-electron chi connectivity index (χ0n) is 10.2. The Balaban J connectivity index is 2.91. The molecular weight excluding hydrogens is 304 g/mol. The number of nitro groups is 1. The Morgan fingerprint density at radius 2 is 2.22 bits per heavy atom. The minimum Gasteiger partial charge on any atom is -0.489 e. The molecule has 0 aliphatic carbocycles. The van der Waals surface area contributed by atoms with Gasteiger partial charge in [-0.3, -0.25) is 10.1 Å². The molecule has 6 nitrogen and oxygen atoms in total. The molecule has 0 fully saturated rings. The third-order valence-electron chi connectivity index (χ3n) is 2.13. The van der Waals surface area contributed by atoms with Crippen LogP contribution in [0.15, 0.2) is 16.6 Å². The first-order chi connectivity index (χ1) is 8.45. The van der Waals surface area contributed by atoms with Crippen LogP contribution in [-0.4, -0.2) is 24.7 Å². The summed E-state index contributed by atoms with van der Waals surface area (Å²) in [4.78, 5) is 10.4. The predicted molar refractivity (Wildman–Crippen MR) is 70.7 cm³/mol. The van der Waals surface area contributed by atoms with E-state index in [1.807, 2.05) is 6.92 Å². The van der Waals surface area contributed by atoms with Crippen molar-refractivity contribution in [1.82, 2.24) is 0 Å². The highest BCUT2D eigenvalue weighted by atomic mass is 79.9. The highest BCUT2D eigenvalue weighted by Gasteiger charge is 2.19. The van der Waals surface area contributed by atoms with E-state index in [4.69, 9.17) is 15.2 Å². The number of nitrogens with zero attached hydrogens (tertiary/aromatic N) is 1. The van der Waals surface area contributed by atoms with E-state index in [-0.39, 0.29) is 24.1 Å². The molecule has 0 heterocycles. The number of nitro benzene ring substituents is 1. The summed E-state index contributed by atoms with van der Waals surface area (Å²) >= 11 is 3.24. The lowest BCUT2D eigenvalue weighted by molar-refractivity contribution is -0.385. The lowest BCUT2D eigenvalue weighted by Crippen LogP contribution is -2.21. The average molecular weight is 319 g/mol. The van der Waals surface area contributed by atoms with Gasteiger partial charge in [-0.25, -0.2) is 0 Å². The van der Waals surface area contributed by atoms with Gasteiger partial charge in [-0.2, -0.15) is 0 Å². The van der Waals surface area contributed by atoms with Gasteiger partial charge >= 0.3 is 5.69 Å². The highest BCUT2D eigenvalue weighted by molar-refractivity contribution is 9.10. The fourth-order valence-corrected chi connectivity index (χ4v) is 2.08. The molecule has 100 valence electrons. The third-order valence-corrected chi connectivity index (χ3v) is 2.72. The molecule has 0 saturated heterocycles. The van der Waals surface area contributed by atoms with Crippen molar-refractivity contribution in [3.05, 3.63) is 32.3 Å². The zero-order chi connectivity index (χ0) is 13.7. The van der Waals surface area contributed by atoms with Crippen molar-refractivity contribution in [2.24, 2.45) is 5.73 Å². The van der Waals surface area contributed by atoms with Crippen molar-refractivity contribution >= 4 is 21.6 Å². The summed E-state index contributed by atoms with van der Waals surface area (Å²) in [5, 5.41) is 10.9. The Labute approximate surface area is 113 Å². The minimum absolute atomic E-state index is 0.0679. The SMILES string of the molecule is COc1c(Br)cc(COC[C@@H](C)N)cc1[N+](=O)[O-]. The Bertz CT molecular complexity index is 437. The van der Waals surface area contributed by atoms with Crippen LogP contribution in [0, 0.1) is 10.1 Å². The van der Waals surface area contributed by atoms with Crippen LogP contribution in [0.3, 0.4) is 0 Å². The minimum atomic E-state index is -0.487. The van der Waals surface area contributed by atoms with Crippen molar-refractivity contribution in [3.8, 4) is 5.75 Å². The van der Waals surface area contributed by atoms with Gasteiger partial charge in [0.15, 0.2) is 0 Å². The van der Waals surface area contributed by atoms with Gasteiger partial charge in [0.25, 0.3) is 0 Å². The molecule has 0 aromatic heterocycles. The Kier molecular flexibility index (Phi) is 5.52. The maximum Gasteiger partial charge on any atom is 0.312 e. The van der Waals surface area contributed by atoms with E-state index in [0.717, 1.165) is 0 Å². The van der Waals surface area contributed by atoms with Gasteiger partial charge in [0.2, 0.25) is 5.75 Å². The molecule has 0 bridgehead atoms. The Morgan fingerprint density at radius 1 is 1.56 bits per heavy atom. The number of hydrogen-bond donors (Lipinski definition) is 1. The second-order valence-corrected chi connectivity index (χ2v) is 4.73. The van der Waals surface area contributed by atoms with Gasteiger partial charge in [0, 0.05) is 12.1 Å². The first-order valence-electron chi connectivity index (χ1n) is 5.29. The van der Waals surface area contributed by atoms with E-state index in [1.54, 1.807) is 6.07 Å². The Morgan fingerprint density at radius 3 is 2.72 bits per heavy atom. The maximum absolute atomic E-state index is 10.9. The average Bonchev–Trinajstić information content (AvgIpc) is 2.27. The second-order valence-electron chi connectivity index (χ2n) is 3.88. The second kappa shape index (κ2) is 6.67. The number of halogens is 1. The summed E-state index contributed by atoms with van der Waals surface area (Å²) in [5.41, 5.74) is 6.15. The zero-order valence-corrected chi connectivity index (χ0v) is 11.8. The van der Waals surface area contributed by atoms with Crippen LogP contribution in [0.5, 0.6) is 5.75 Å². The summed E-state index contributed by atoms with van der Waals surface area (Å²) in [7, 11) is 1.39. The molecule has 0 spiro atoms. The fraction of sp³-hybridized carbons (Fsp3) is 0.455. The molecule has 1 atom stereocenters. The normalized spacial score (nSPS) is 12.2. The number of methoxy groups -OCH3 is 1. The van der Waals surface area contributed by atoms with Crippen molar-refractivity contribution in [3.63, 3.8) is 0 Å². The van der Waals surface area contributed by atoms with Gasteiger partial charge in [0.1, 0.15) is 0 Å². The molecule has 2 N–H and O–H groups in total. The van der Waals surface area contributed by atoms with E-state index in [1.165, 1.54) is 13.2 Å². The van der Waals surface area contributed by atoms with Crippen LogP contribution >= 0.6 is 15.9 Å². The molecular formula is C11H15BrN2O4. The molecule has 0 radical (unpaired) electrons. The summed E-state index contributed by atoms with van der Waals surface area (Å²) in [6, 6.07) is 3.10. The van der Waals surface area contributed by atoms with Crippen LogP contribution in [0.1, 0.15) is 12.5 Å². The van der Waals surface area contributed by atoms with Gasteiger partial charge in [0.05, 0.1) is 29.7 Å². The van der Waals surface area contributed by atoms with Crippen molar-refractivity contribution in [2.45, 2.75) is 19.6 Å². The molecule has 1 rings (SSSR count). The van der Waals surface area contributed by atoms with Crippen LogP contribution in [0.25, 0.3) is 0 Å². The van der Waals surface area contributed by atoms with Crippen LogP contribution in [0.4, 0.5) is 5.69 Å². The van der Waals surface area contributed by atoms with Crippen LogP contribution in [0.2, 0.25) is 0 Å². The summed E-state index contributed by atoms with van der Waals surface area (Å²) in [6.07, 6.45) is 0. The predicted octanol–water partition coefficient (Wildman–Crippen LogP) is 2.23. The molecule has 0 aliphatic heterocycles. The molecule has 1 aromatic rings. The van der Waals surface area contributed by atoms with Gasteiger partial charge in [-0.15, -0.1) is 0 Å². The molecule has 0 aliphatic rings. The maximum atomic E-state index is 10.9. The molecule has 18 heavy (non-hydrogen) atoms. The van der Waals surface area contributed by atoms with Gasteiger partial charge in [-0.1, -0.05) is 0 Å². The summed E-state index contributed by atoms with van der Waals surface area (Å²) in [5.74, 6) is 0.205. The highest BCUT2D eigenvalue weighted by Crippen LogP contribution is 2.36. The first-order valence-corrected chi connectivity index (χ1v) is 6.09. The molecule has 0 amide bonds. The van der Waals surface area contributed by atoms with Crippen molar-refractivity contribution < 1.29 is 14.4 Å². The van der Waals surface area contributed by atoms with E-state index in [0.29, 0.717) is 16.6 Å². The number of benzene rings is 1. The third kappa shape index (κ3) is 3.94. The smallest absolute Gasteiger partial charge is 0.312 e. The van der Waals surface area contributed by atoms with E-state index in [9.17, 15) is 10.1 Å². The van der Waals surface area contributed by atoms with Gasteiger partial charge < -0.3 is 15.2 Å². The fourth-order valence-electron chi connectivity index (χ4n) is 1.42. The molecule has 1 aromatic carbocycles. The summed E-state index contributed by atoms with van der Waals surface area (Å²) < 4.78 is 10.8. The van der Waals surface area contributed by atoms with Crippen LogP contribution in [-0.2, 0) is 11.3 Å². The standard InChI is InChI=1S/C11H15BrN2O4/c1-7(13)5-18-6-8-3-9(12)11(17-2)10(4-8)14(15)16/h3-4,7H,5-6,13H2,1-2H3/t7-/m1/s1. The Hall–Kier alpha value is -1.18. The van der Waals surface area contributed by atoms with E-state index >= 15 is 0 Å². The number of nitrogens with two attached hydrogens (primary N) is 1. The topological polar surface area (TPSA) is 87.6 Å².